The lowest BCUT2D eigenvalue weighted by Gasteiger charge is -2.36. The third kappa shape index (κ3) is 3.70. The minimum Gasteiger partial charge on any atom is -0.379 e. The second-order valence-electron chi connectivity index (χ2n) is 6.17. The van der Waals surface area contributed by atoms with Gasteiger partial charge in [0, 0.05) is 44.9 Å². The van der Waals surface area contributed by atoms with Gasteiger partial charge in [-0.2, -0.15) is 8.78 Å². The zero-order chi connectivity index (χ0) is 16.5. The molecular weight excluding hydrogens is 290 g/mol. The summed E-state index contributed by atoms with van der Waals surface area (Å²) >= 11 is 0. The first-order valence-electron chi connectivity index (χ1n) is 7.62. The second kappa shape index (κ2) is 6.42. The first kappa shape index (κ1) is 17.0. The molecule has 1 aliphatic heterocycles. The molecule has 2 rings (SSSR count). The van der Waals surface area contributed by atoms with Crippen LogP contribution in [0.15, 0.2) is 6.20 Å². The average molecular weight is 314 g/mol. The molecule has 22 heavy (non-hydrogen) atoms. The molecule has 0 aliphatic carbocycles. The zero-order valence-corrected chi connectivity index (χ0v) is 13.6. The molecule has 1 aromatic heterocycles. The molecular formula is C15H24F2N4O. The Kier molecular flexibility index (Phi) is 4.97. The van der Waals surface area contributed by atoms with Crippen LogP contribution in [0.1, 0.15) is 44.9 Å². The molecule has 1 N–H and O–H groups in total. The first-order valence-corrected chi connectivity index (χ1v) is 7.62. The Morgan fingerprint density at radius 2 is 1.77 bits per heavy atom. The van der Waals surface area contributed by atoms with Gasteiger partial charge < -0.3 is 10.0 Å². The molecule has 1 saturated heterocycles. The minimum absolute atomic E-state index is 0.0537. The van der Waals surface area contributed by atoms with E-state index in [1.54, 1.807) is 6.92 Å². The monoisotopic (exact) mass is 314 g/mol. The lowest BCUT2D eigenvalue weighted by atomic mass is 10.0. The number of aliphatic hydroxyl groups excluding tert-OH is 1. The van der Waals surface area contributed by atoms with E-state index in [0.29, 0.717) is 37.7 Å². The third-order valence-electron chi connectivity index (χ3n) is 3.97. The van der Waals surface area contributed by atoms with E-state index in [4.69, 9.17) is 0 Å². The number of halogens is 2. The van der Waals surface area contributed by atoms with Crippen LogP contribution >= 0.6 is 0 Å². The van der Waals surface area contributed by atoms with E-state index in [-0.39, 0.29) is 11.6 Å². The normalized spacial score (nSPS) is 18.8. The highest BCUT2D eigenvalue weighted by Crippen LogP contribution is 2.32. The summed E-state index contributed by atoms with van der Waals surface area (Å²) in [5.41, 5.74) is 0.296. The quantitative estimate of drug-likeness (QED) is 0.923. The van der Waals surface area contributed by atoms with Crippen LogP contribution in [-0.4, -0.2) is 52.4 Å². The molecule has 0 amide bonds. The van der Waals surface area contributed by atoms with Gasteiger partial charge in [-0.1, -0.05) is 13.8 Å². The van der Waals surface area contributed by atoms with Gasteiger partial charge in [-0.15, -0.1) is 0 Å². The van der Waals surface area contributed by atoms with Gasteiger partial charge in [0.2, 0.25) is 5.95 Å². The van der Waals surface area contributed by atoms with Crippen LogP contribution in [0.5, 0.6) is 0 Å². The minimum atomic E-state index is -2.99. The molecule has 0 spiro atoms. The summed E-state index contributed by atoms with van der Waals surface area (Å²) < 4.78 is 27.7. The maximum atomic E-state index is 13.8. The number of nitrogens with zero attached hydrogens (tertiary/aromatic N) is 4. The molecule has 0 bridgehead atoms. The summed E-state index contributed by atoms with van der Waals surface area (Å²) in [6.45, 7) is 8.84. The highest BCUT2D eigenvalue weighted by molar-refractivity contribution is 5.36. The molecule has 1 aliphatic rings. The van der Waals surface area contributed by atoms with Gasteiger partial charge in [0.1, 0.15) is 11.9 Å². The lowest BCUT2D eigenvalue weighted by molar-refractivity contribution is 0.0109. The predicted octanol–water partition coefficient (Wildman–Crippen LogP) is 2.17. The van der Waals surface area contributed by atoms with E-state index < -0.39 is 12.2 Å². The Morgan fingerprint density at radius 3 is 2.23 bits per heavy atom. The molecule has 1 aromatic rings. The van der Waals surface area contributed by atoms with Crippen LogP contribution in [0.2, 0.25) is 0 Å². The maximum Gasteiger partial charge on any atom is 0.287 e. The number of aliphatic hydroxyl groups is 1. The summed E-state index contributed by atoms with van der Waals surface area (Å²) in [5, 5.41) is 9.56. The van der Waals surface area contributed by atoms with E-state index in [2.05, 4.69) is 9.97 Å². The Bertz CT molecular complexity index is 509. The van der Waals surface area contributed by atoms with Crippen molar-refractivity contribution in [2.75, 3.05) is 31.1 Å². The van der Waals surface area contributed by atoms with Crippen molar-refractivity contribution in [2.45, 2.75) is 45.8 Å². The molecule has 124 valence electrons. The highest BCUT2D eigenvalue weighted by atomic mass is 19.3. The van der Waals surface area contributed by atoms with Crippen molar-refractivity contribution in [3.8, 4) is 0 Å². The summed E-state index contributed by atoms with van der Waals surface area (Å²) in [7, 11) is 0. The van der Waals surface area contributed by atoms with E-state index in [9.17, 15) is 13.9 Å². The van der Waals surface area contributed by atoms with E-state index in [1.807, 2.05) is 23.6 Å². The lowest BCUT2D eigenvalue weighted by Crippen LogP contribution is -2.50. The molecule has 0 saturated carbocycles. The SMILES string of the molecule is CC(C)c1cnc(N2CCN(C(C)O)CC2)nc1C(C)(F)F. The van der Waals surface area contributed by atoms with Crippen molar-refractivity contribution in [2.24, 2.45) is 0 Å². The van der Waals surface area contributed by atoms with Gasteiger partial charge in [-0.3, -0.25) is 4.90 Å². The molecule has 0 radical (unpaired) electrons. The summed E-state index contributed by atoms with van der Waals surface area (Å²) in [6.07, 6.45) is 1.02. The number of hydrogen-bond acceptors (Lipinski definition) is 5. The van der Waals surface area contributed by atoms with E-state index in [0.717, 1.165) is 6.92 Å². The van der Waals surface area contributed by atoms with E-state index in [1.165, 1.54) is 6.20 Å². The number of hydrogen-bond donors (Lipinski definition) is 1. The number of alkyl halides is 2. The van der Waals surface area contributed by atoms with Crippen LogP contribution in [0.4, 0.5) is 14.7 Å². The predicted molar refractivity (Wildman–Crippen MR) is 81.2 cm³/mol. The van der Waals surface area contributed by atoms with Crippen LogP contribution < -0.4 is 4.90 Å². The smallest absolute Gasteiger partial charge is 0.287 e. The molecule has 1 unspecified atom stereocenters. The van der Waals surface area contributed by atoms with Crippen molar-refractivity contribution in [3.63, 3.8) is 0 Å². The van der Waals surface area contributed by atoms with Crippen LogP contribution in [0.25, 0.3) is 0 Å². The standard InChI is InChI=1S/C15H24F2N4O/c1-10(2)12-9-18-14(19-13(12)15(4,16)17)21-7-5-20(6-8-21)11(3)22/h9-11,22H,5-8H2,1-4H3. The summed E-state index contributed by atoms with van der Waals surface area (Å²) in [6, 6.07) is 0. The Balaban J connectivity index is 2.23. The molecule has 1 fully saturated rings. The van der Waals surface area contributed by atoms with Crippen molar-refractivity contribution in [1.82, 2.24) is 14.9 Å². The second-order valence-corrected chi connectivity index (χ2v) is 6.17. The van der Waals surface area contributed by atoms with Crippen LogP contribution in [0, 0.1) is 0 Å². The van der Waals surface area contributed by atoms with Gasteiger partial charge in [-0.05, 0) is 12.8 Å². The fourth-order valence-corrected chi connectivity index (χ4v) is 2.60. The molecule has 1 atom stereocenters. The van der Waals surface area contributed by atoms with Gasteiger partial charge in [-0.25, -0.2) is 9.97 Å². The number of aromatic nitrogens is 2. The Morgan fingerprint density at radius 1 is 1.18 bits per heavy atom. The molecule has 2 heterocycles. The maximum absolute atomic E-state index is 13.8. The Labute approximate surface area is 130 Å². The van der Waals surface area contributed by atoms with Gasteiger partial charge >= 0.3 is 0 Å². The van der Waals surface area contributed by atoms with Gasteiger partial charge in [0.15, 0.2) is 0 Å². The van der Waals surface area contributed by atoms with Crippen LogP contribution in [-0.2, 0) is 5.92 Å². The summed E-state index contributed by atoms with van der Waals surface area (Å²) in [4.78, 5) is 12.2. The van der Waals surface area contributed by atoms with Gasteiger partial charge in [0.25, 0.3) is 5.92 Å². The third-order valence-corrected chi connectivity index (χ3v) is 3.97. The fourth-order valence-electron chi connectivity index (χ4n) is 2.60. The van der Waals surface area contributed by atoms with E-state index >= 15 is 0 Å². The summed E-state index contributed by atoms with van der Waals surface area (Å²) in [5.74, 6) is -2.70. The van der Waals surface area contributed by atoms with Crippen LogP contribution in [0.3, 0.4) is 0 Å². The largest absolute Gasteiger partial charge is 0.379 e. The molecule has 5 nitrogen and oxygen atoms in total. The van der Waals surface area contributed by atoms with Crippen molar-refractivity contribution in [1.29, 1.82) is 0 Å². The first-order chi connectivity index (χ1) is 10.2. The highest BCUT2D eigenvalue weighted by Gasteiger charge is 2.32. The zero-order valence-electron chi connectivity index (χ0n) is 13.6. The number of piperazine rings is 1. The fraction of sp³-hybridized carbons (Fsp3) is 0.733. The molecule has 0 aromatic carbocycles. The van der Waals surface area contributed by atoms with Crippen molar-refractivity contribution in [3.05, 3.63) is 17.5 Å². The van der Waals surface area contributed by atoms with Gasteiger partial charge in [0.05, 0.1) is 0 Å². The average Bonchev–Trinajstić information content (AvgIpc) is 2.45. The number of anilines is 1. The molecule has 7 heteroatoms. The number of rotatable bonds is 4. The van der Waals surface area contributed by atoms with Crippen molar-refractivity contribution < 1.29 is 13.9 Å². The van der Waals surface area contributed by atoms with Crippen molar-refractivity contribution >= 4 is 5.95 Å². The topological polar surface area (TPSA) is 52.5 Å². The Hall–Kier alpha value is -1.34.